The summed E-state index contributed by atoms with van der Waals surface area (Å²) in [4.78, 5) is 40.2. The number of rotatable bonds is 7. The summed E-state index contributed by atoms with van der Waals surface area (Å²) in [6.45, 7) is 0.852. The maximum Gasteiger partial charge on any atom is 0.336 e. The molecular formula is C28H23N3O3S. The predicted octanol–water partition coefficient (Wildman–Crippen LogP) is 4.12. The molecule has 0 bridgehead atoms. The van der Waals surface area contributed by atoms with E-state index >= 15 is 0 Å². The van der Waals surface area contributed by atoms with Gasteiger partial charge in [-0.25, -0.2) is 9.36 Å². The molecule has 0 aliphatic carbocycles. The lowest BCUT2D eigenvalue weighted by atomic mass is 10.1. The molecule has 0 radical (unpaired) electrons. The number of carbonyl (C=O) groups excluding carboxylic acids is 1. The van der Waals surface area contributed by atoms with Crippen LogP contribution in [0, 0.1) is 0 Å². The van der Waals surface area contributed by atoms with Crippen molar-refractivity contribution in [1.29, 1.82) is 0 Å². The van der Waals surface area contributed by atoms with Gasteiger partial charge >= 0.3 is 5.69 Å². The zero-order valence-corrected chi connectivity index (χ0v) is 19.7. The van der Waals surface area contributed by atoms with Crippen molar-refractivity contribution in [1.82, 2.24) is 14.5 Å². The Kier molecular flexibility index (Phi) is 6.41. The monoisotopic (exact) mass is 481 g/mol. The number of fused-ring (bicyclic) bond motifs is 1. The topological polar surface area (TPSA) is 73.1 Å². The summed E-state index contributed by atoms with van der Waals surface area (Å²) in [5.74, 6) is -0.0840. The summed E-state index contributed by atoms with van der Waals surface area (Å²) in [5.41, 5.74) is 2.07. The van der Waals surface area contributed by atoms with Crippen LogP contribution in [-0.4, -0.2) is 15.0 Å². The molecule has 1 N–H and O–H groups in total. The maximum absolute atomic E-state index is 13.5. The SMILES string of the molecule is O=C(Cc1ccc(-n2c(=O)c3ccccc3n(Cc3ccccc3)c2=O)cc1)NCc1cccs1. The van der Waals surface area contributed by atoms with Crippen molar-refractivity contribution in [3.63, 3.8) is 0 Å². The Bertz CT molecular complexity index is 1590. The van der Waals surface area contributed by atoms with Crippen molar-refractivity contribution in [2.24, 2.45) is 0 Å². The minimum atomic E-state index is -0.404. The molecule has 0 saturated heterocycles. The molecule has 35 heavy (non-hydrogen) atoms. The Morgan fingerprint density at radius 1 is 0.800 bits per heavy atom. The summed E-state index contributed by atoms with van der Waals surface area (Å²) < 4.78 is 2.82. The highest BCUT2D eigenvalue weighted by molar-refractivity contribution is 7.09. The minimum absolute atomic E-state index is 0.0840. The molecule has 174 valence electrons. The Morgan fingerprint density at radius 3 is 2.29 bits per heavy atom. The fourth-order valence-electron chi connectivity index (χ4n) is 4.08. The molecular weight excluding hydrogens is 458 g/mol. The van der Waals surface area contributed by atoms with Crippen LogP contribution in [0.5, 0.6) is 0 Å². The van der Waals surface area contributed by atoms with Crippen molar-refractivity contribution >= 4 is 28.1 Å². The third-order valence-electron chi connectivity index (χ3n) is 5.83. The van der Waals surface area contributed by atoms with E-state index in [2.05, 4.69) is 5.32 Å². The van der Waals surface area contributed by atoms with Gasteiger partial charge in [-0.1, -0.05) is 60.7 Å². The highest BCUT2D eigenvalue weighted by atomic mass is 32.1. The molecule has 2 heterocycles. The molecule has 3 aromatic carbocycles. The van der Waals surface area contributed by atoms with Crippen molar-refractivity contribution < 1.29 is 4.79 Å². The molecule has 0 aliphatic heterocycles. The Labute approximate surface area is 205 Å². The van der Waals surface area contributed by atoms with Gasteiger partial charge in [0.1, 0.15) is 0 Å². The Morgan fingerprint density at radius 2 is 1.54 bits per heavy atom. The number of hydrogen-bond acceptors (Lipinski definition) is 4. The van der Waals surface area contributed by atoms with Crippen molar-refractivity contribution in [3.8, 4) is 5.69 Å². The third-order valence-corrected chi connectivity index (χ3v) is 6.71. The van der Waals surface area contributed by atoms with Gasteiger partial charge in [-0.2, -0.15) is 0 Å². The summed E-state index contributed by atoms with van der Waals surface area (Å²) >= 11 is 1.60. The van der Waals surface area contributed by atoms with E-state index in [9.17, 15) is 14.4 Å². The number of benzene rings is 3. The summed E-state index contributed by atoms with van der Waals surface area (Å²) in [5, 5.41) is 5.36. The van der Waals surface area contributed by atoms with Crippen LogP contribution in [0.25, 0.3) is 16.6 Å². The summed E-state index contributed by atoms with van der Waals surface area (Å²) in [6, 6.07) is 27.8. The van der Waals surface area contributed by atoms with Crippen LogP contribution in [0.3, 0.4) is 0 Å². The first-order valence-corrected chi connectivity index (χ1v) is 12.1. The van der Waals surface area contributed by atoms with E-state index in [1.807, 2.05) is 53.9 Å². The van der Waals surface area contributed by atoms with Gasteiger partial charge in [-0.3, -0.25) is 14.2 Å². The van der Waals surface area contributed by atoms with E-state index in [1.54, 1.807) is 58.4 Å². The quantitative estimate of drug-likeness (QED) is 0.380. The second kappa shape index (κ2) is 9.95. The average molecular weight is 482 g/mol. The van der Waals surface area contributed by atoms with Gasteiger partial charge < -0.3 is 5.32 Å². The van der Waals surface area contributed by atoms with E-state index in [0.717, 1.165) is 16.0 Å². The maximum atomic E-state index is 13.5. The number of nitrogens with one attached hydrogen (secondary N) is 1. The van der Waals surface area contributed by atoms with Gasteiger partial charge in [0, 0.05) is 4.88 Å². The molecule has 0 atom stereocenters. The van der Waals surface area contributed by atoms with Crippen molar-refractivity contribution in [2.45, 2.75) is 19.5 Å². The zero-order valence-electron chi connectivity index (χ0n) is 18.9. The fraction of sp³-hybridized carbons (Fsp3) is 0.107. The third kappa shape index (κ3) is 4.85. The van der Waals surface area contributed by atoms with Crippen LogP contribution in [0.2, 0.25) is 0 Å². The van der Waals surface area contributed by atoms with E-state index in [-0.39, 0.29) is 17.9 Å². The van der Waals surface area contributed by atoms with E-state index in [4.69, 9.17) is 0 Å². The molecule has 1 amide bonds. The Balaban J connectivity index is 1.46. The molecule has 0 saturated carbocycles. The van der Waals surface area contributed by atoms with Crippen LogP contribution in [0.4, 0.5) is 0 Å². The highest BCUT2D eigenvalue weighted by Crippen LogP contribution is 2.14. The molecule has 0 aliphatic rings. The van der Waals surface area contributed by atoms with Crippen LogP contribution < -0.4 is 16.6 Å². The van der Waals surface area contributed by atoms with Crippen molar-refractivity contribution in [2.75, 3.05) is 0 Å². The summed E-state index contributed by atoms with van der Waals surface area (Å²) in [7, 11) is 0. The zero-order chi connectivity index (χ0) is 24.2. The first-order chi connectivity index (χ1) is 17.1. The van der Waals surface area contributed by atoms with Gasteiger partial charge in [-0.15, -0.1) is 11.3 Å². The smallest absolute Gasteiger partial charge is 0.336 e. The lowest BCUT2D eigenvalue weighted by Gasteiger charge is -2.14. The van der Waals surface area contributed by atoms with Gasteiger partial charge in [0.15, 0.2) is 0 Å². The molecule has 7 heteroatoms. The molecule has 5 rings (SSSR count). The van der Waals surface area contributed by atoms with Gasteiger partial charge in [-0.05, 0) is 46.8 Å². The average Bonchev–Trinajstić information content (AvgIpc) is 3.41. The van der Waals surface area contributed by atoms with Gasteiger partial charge in [0.05, 0.1) is 36.1 Å². The first-order valence-electron chi connectivity index (χ1n) is 11.3. The molecule has 0 fully saturated rings. The predicted molar refractivity (Wildman–Crippen MR) is 139 cm³/mol. The number of aromatic nitrogens is 2. The van der Waals surface area contributed by atoms with Crippen LogP contribution in [0.1, 0.15) is 16.0 Å². The number of carbonyl (C=O) groups is 1. The molecule has 5 aromatic rings. The Hall–Kier alpha value is -4.23. The van der Waals surface area contributed by atoms with Crippen LogP contribution in [0.15, 0.2) is 106 Å². The normalized spacial score (nSPS) is 11.0. The van der Waals surface area contributed by atoms with Gasteiger partial charge in [0.2, 0.25) is 5.91 Å². The second-order valence-electron chi connectivity index (χ2n) is 8.21. The number of amides is 1. The summed E-state index contributed by atoms with van der Waals surface area (Å²) in [6.07, 6.45) is 0.219. The molecule has 6 nitrogen and oxygen atoms in total. The second-order valence-corrected chi connectivity index (χ2v) is 9.24. The lowest BCUT2D eigenvalue weighted by molar-refractivity contribution is -0.120. The number of hydrogen-bond donors (Lipinski definition) is 1. The van der Waals surface area contributed by atoms with E-state index in [1.165, 1.54) is 4.57 Å². The number of nitrogens with zero attached hydrogens (tertiary/aromatic N) is 2. The standard InChI is InChI=1S/C28H23N3O3S/c32-26(29-18-23-9-6-16-35-23)17-20-12-14-22(15-13-20)31-27(33)24-10-4-5-11-25(24)30(28(31)34)19-21-7-2-1-3-8-21/h1-16H,17-19H2,(H,29,32). The largest absolute Gasteiger partial charge is 0.351 e. The van der Waals surface area contributed by atoms with E-state index < -0.39 is 5.69 Å². The first kappa shape index (κ1) is 22.6. The molecule has 0 spiro atoms. The fourth-order valence-corrected chi connectivity index (χ4v) is 4.72. The number of para-hydroxylation sites is 1. The lowest BCUT2D eigenvalue weighted by Crippen LogP contribution is -2.39. The van der Waals surface area contributed by atoms with Crippen LogP contribution >= 0.6 is 11.3 Å². The van der Waals surface area contributed by atoms with E-state index in [0.29, 0.717) is 29.7 Å². The van der Waals surface area contributed by atoms with Crippen molar-refractivity contribution in [3.05, 3.63) is 133 Å². The van der Waals surface area contributed by atoms with Gasteiger partial charge in [0.25, 0.3) is 5.56 Å². The minimum Gasteiger partial charge on any atom is -0.351 e. The number of thiophene rings is 1. The molecule has 0 unspecified atom stereocenters. The van der Waals surface area contributed by atoms with Crippen LogP contribution in [-0.2, 0) is 24.3 Å². The highest BCUT2D eigenvalue weighted by Gasteiger charge is 2.15. The molecule has 2 aromatic heterocycles.